The third kappa shape index (κ3) is 4.34. The topological polar surface area (TPSA) is 42.9 Å². The second-order valence-corrected chi connectivity index (χ2v) is 15.7. The Kier molecular flexibility index (Phi) is 6.46. The Balaban J connectivity index is 1.13. The Labute approximate surface area is 289 Å². The summed E-state index contributed by atoms with van der Waals surface area (Å²) < 4.78 is 15.0. The molecule has 0 bridgehead atoms. The van der Waals surface area contributed by atoms with Crippen molar-refractivity contribution in [3.8, 4) is 22.4 Å². The third-order valence-corrected chi connectivity index (χ3v) is 13.2. The molecule has 0 amide bonds. The lowest BCUT2D eigenvalue weighted by Gasteiger charge is -2.20. The molecule has 4 heteroatoms. The lowest BCUT2D eigenvalue weighted by atomic mass is 9.88. The number of rotatable bonds is 5. The van der Waals surface area contributed by atoms with E-state index in [2.05, 4.69) is 108 Å². The maximum Gasteiger partial charge on any atom is 0.171 e. The van der Waals surface area contributed by atoms with Crippen LogP contribution in [0.3, 0.4) is 0 Å². The molecule has 0 aliphatic heterocycles. The van der Waals surface area contributed by atoms with E-state index in [0.717, 1.165) is 60.1 Å². The molecule has 0 spiro atoms. The second-order valence-electron chi connectivity index (χ2n) is 12.9. The molecule has 10 aromatic rings. The van der Waals surface area contributed by atoms with Crippen LogP contribution in [0, 0.1) is 0 Å². The van der Waals surface area contributed by atoms with Crippen LogP contribution in [-0.2, 0) is 4.57 Å². The molecule has 50 heavy (non-hydrogen) atoms. The Morgan fingerprint density at radius 2 is 0.920 bits per heavy atom. The average Bonchev–Trinajstić information content (AvgIpc) is 3.20. The van der Waals surface area contributed by atoms with Crippen molar-refractivity contribution < 1.29 is 4.57 Å². The highest BCUT2D eigenvalue weighted by Crippen LogP contribution is 2.45. The van der Waals surface area contributed by atoms with E-state index in [9.17, 15) is 4.57 Å². The number of pyridine rings is 2. The van der Waals surface area contributed by atoms with E-state index in [1.807, 2.05) is 72.9 Å². The van der Waals surface area contributed by atoms with Crippen molar-refractivity contribution in [3.05, 3.63) is 176 Å². The predicted octanol–water partition coefficient (Wildman–Crippen LogP) is 10.7. The summed E-state index contributed by atoms with van der Waals surface area (Å²) in [7, 11) is -3.06. The SMILES string of the molecule is O=P(c1ccccc1)(c1ccccc1)c1ccc(-c2ccc3ccc4c(-c5ccc6ccc7cccnc7c6n5)ccc5ccc2c3c54)cc1. The van der Waals surface area contributed by atoms with Crippen LogP contribution in [0.15, 0.2) is 176 Å². The Morgan fingerprint density at radius 3 is 1.58 bits per heavy atom. The molecule has 0 radical (unpaired) electrons. The second kappa shape index (κ2) is 11.2. The molecule has 2 aromatic heterocycles. The lowest BCUT2D eigenvalue weighted by Crippen LogP contribution is -2.24. The minimum Gasteiger partial charge on any atom is -0.309 e. The van der Waals surface area contributed by atoms with Gasteiger partial charge in [-0.1, -0.05) is 158 Å². The summed E-state index contributed by atoms with van der Waals surface area (Å²) in [5, 5.41) is 11.9. The Hall–Kier alpha value is -6.15. The largest absolute Gasteiger partial charge is 0.309 e. The van der Waals surface area contributed by atoms with Crippen LogP contribution in [0.4, 0.5) is 0 Å². The van der Waals surface area contributed by atoms with Gasteiger partial charge in [0.1, 0.15) is 0 Å². The number of nitrogens with zero attached hydrogens (tertiary/aromatic N) is 2. The van der Waals surface area contributed by atoms with Crippen molar-refractivity contribution in [2.24, 2.45) is 0 Å². The van der Waals surface area contributed by atoms with Crippen LogP contribution in [0.5, 0.6) is 0 Å². The van der Waals surface area contributed by atoms with E-state index in [-0.39, 0.29) is 0 Å². The highest BCUT2D eigenvalue weighted by molar-refractivity contribution is 7.85. The molecular weight excluding hydrogens is 627 g/mol. The molecule has 0 saturated heterocycles. The van der Waals surface area contributed by atoms with E-state index >= 15 is 0 Å². The van der Waals surface area contributed by atoms with Crippen molar-refractivity contribution in [1.82, 2.24) is 9.97 Å². The molecule has 0 unspecified atom stereocenters. The van der Waals surface area contributed by atoms with Crippen LogP contribution in [0.25, 0.3) is 76.5 Å². The van der Waals surface area contributed by atoms with Gasteiger partial charge in [0.25, 0.3) is 0 Å². The predicted molar refractivity (Wildman–Crippen MR) is 211 cm³/mol. The third-order valence-electron chi connectivity index (χ3n) is 10.2. The van der Waals surface area contributed by atoms with Gasteiger partial charge in [0.05, 0.1) is 16.7 Å². The molecule has 0 aliphatic rings. The fourth-order valence-electron chi connectivity index (χ4n) is 7.72. The number of aromatic nitrogens is 2. The minimum absolute atomic E-state index is 0.826. The quantitative estimate of drug-likeness (QED) is 0.137. The zero-order chi connectivity index (χ0) is 33.2. The van der Waals surface area contributed by atoms with Crippen molar-refractivity contribution >= 4 is 77.2 Å². The molecule has 0 saturated carbocycles. The summed E-state index contributed by atoms with van der Waals surface area (Å²) in [5.41, 5.74) is 6.12. The summed E-state index contributed by atoms with van der Waals surface area (Å²) in [6.07, 6.45) is 1.84. The van der Waals surface area contributed by atoms with Crippen LogP contribution in [0.2, 0.25) is 0 Å². The van der Waals surface area contributed by atoms with Gasteiger partial charge in [0, 0.05) is 38.4 Å². The average molecular weight is 657 g/mol. The molecule has 234 valence electrons. The smallest absolute Gasteiger partial charge is 0.171 e. The Bertz CT molecular complexity index is 2900. The van der Waals surface area contributed by atoms with Gasteiger partial charge in [-0.15, -0.1) is 0 Å². The van der Waals surface area contributed by atoms with Gasteiger partial charge in [-0.2, -0.15) is 0 Å². The van der Waals surface area contributed by atoms with E-state index in [0.29, 0.717) is 0 Å². The highest BCUT2D eigenvalue weighted by atomic mass is 31.2. The highest BCUT2D eigenvalue weighted by Gasteiger charge is 2.29. The van der Waals surface area contributed by atoms with Gasteiger partial charge >= 0.3 is 0 Å². The minimum atomic E-state index is -3.06. The summed E-state index contributed by atoms with van der Waals surface area (Å²) in [6.45, 7) is 0. The van der Waals surface area contributed by atoms with Gasteiger partial charge in [-0.25, -0.2) is 4.98 Å². The molecule has 0 atom stereocenters. The van der Waals surface area contributed by atoms with E-state index < -0.39 is 7.14 Å². The zero-order valence-electron chi connectivity index (χ0n) is 27.0. The molecule has 0 fully saturated rings. The van der Waals surface area contributed by atoms with Crippen LogP contribution >= 0.6 is 7.14 Å². The molecular formula is C46H29N2OP. The van der Waals surface area contributed by atoms with E-state index in [1.165, 1.54) is 32.3 Å². The summed E-state index contributed by atoms with van der Waals surface area (Å²) in [6, 6.07) is 58.4. The van der Waals surface area contributed by atoms with Crippen molar-refractivity contribution in [2.45, 2.75) is 0 Å². The van der Waals surface area contributed by atoms with Gasteiger partial charge in [0.15, 0.2) is 7.14 Å². The maximum absolute atomic E-state index is 15.0. The molecule has 3 nitrogen and oxygen atoms in total. The molecule has 2 heterocycles. The summed E-state index contributed by atoms with van der Waals surface area (Å²) in [4.78, 5) is 9.89. The number of fused-ring (bicyclic) bond motifs is 3. The first-order valence-corrected chi connectivity index (χ1v) is 18.6. The van der Waals surface area contributed by atoms with Crippen molar-refractivity contribution in [3.63, 3.8) is 0 Å². The zero-order valence-corrected chi connectivity index (χ0v) is 27.9. The monoisotopic (exact) mass is 656 g/mol. The number of benzene rings is 8. The number of hydrogen-bond acceptors (Lipinski definition) is 3. The summed E-state index contributed by atoms with van der Waals surface area (Å²) in [5.74, 6) is 0. The van der Waals surface area contributed by atoms with Gasteiger partial charge < -0.3 is 4.57 Å². The standard InChI is InChI=1S/C46H29N2OP/c49-50(35-9-3-1-4-10-35,36-11-5-2-6-12-36)37-22-15-30(16-23-37)38-24-17-31-20-27-41-39(25-18-32-19-26-40(38)43(31)44(32)41)42-28-21-34-14-13-33-8-7-29-47-45(33)46(34)48-42/h1-29H. The molecule has 0 N–H and O–H groups in total. The molecule has 10 rings (SSSR count). The fourth-order valence-corrected chi connectivity index (χ4v) is 10.4. The van der Waals surface area contributed by atoms with Crippen LogP contribution in [0.1, 0.15) is 0 Å². The normalized spacial score (nSPS) is 12.1. The maximum atomic E-state index is 15.0. The molecule has 8 aromatic carbocycles. The fraction of sp³-hybridized carbons (Fsp3) is 0. The first kappa shape index (κ1) is 28.8. The van der Waals surface area contributed by atoms with Crippen LogP contribution < -0.4 is 15.9 Å². The van der Waals surface area contributed by atoms with Crippen molar-refractivity contribution in [2.75, 3.05) is 0 Å². The van der Waals surface area contributed by atoms with E-state index in [4.69, 9.17) is 4.98 Å². The summed E-state index contributed by atoms with van der Waals surface area (Å²) >= 11 is 0. The first-order valence-electron chi connectivity index (χ1n) is 16.8. The lowest BCUT2D eigenvalue weighted by molar-refractivity contribution is 0.592. The van der Waals surface area contributed by atoms with Crippen molar-refractivity contribution in [1.29, 1.82) is 0 Å². The first-order chi connectivity index (χ1) is 24.7. The molecule has 0 aliphatic carbocycles. The van der Waals surface area contributed by atoms with Gasteiger partial charge in [-0.3, -0.25) is 4.98 Å². The number of hydrogen-bond donors (Lipinski definition) is 0. The van der Waals surface area contributed by atoms with E-state index in [1.54, 1.807) is 0 Å². The van der Waals surface area contributed by atoms with Crippen LogP contribution in [-0.4, -0.2) is 9.97 Å². The Morgan fingerprint density at radius 1 is 0.400 bits per heavy atom. The van der Waals surface area contributed by atoms with Gasteiger partial charge in [0.2, 0.25) is 0 Å². The van der Waals surface area contributed by atoms with Gasteiger partial charge in [-0.05, 0) is 55.6 Å².